The Hall–Kier alpha value is -2.07. The Labute approximate surface area is 117 Å². The fourth-order valence-electron chi connectivity index (χ4n) is 2.07. The van der Waals surface area contributed by atoms with Crippen LogP contribution in [0.3, 0.4) is 0 Å². The smallest absolute Gasteiger partial charge is 0.126 e. The summed E-state index contributed by atoms with van der Waals surface area (Å²) in [4.78, 5) is 0. The molecule has 1 unspecified atom stereocenters. The predicted octanol–water partition coefficient (Wildman–Crippen LogP) is 3.23. The maximum absolute atomic E-state index is 13.3. The number of aliphatic hydroxyl groups excluding tert-OH is 1. The van der Waals surface area contributed by atoms with Gasteiger partial charge in [0, 0.05) is 5.56 Å². The predicted molar refractivity (Wildman–Crippen MR) is 74.7 cm³/mol. The van der Waals surface area contributed by atoms with Crippen molar-refractivity contribution >= 4 is 0 Å². The third-order valence-corrected chi connectivity index (χ3v) is 3.23. The molecule has 2 aromatic rings. The molecule has 2 rings (SSSR count). The first-order chi connectivity index (χ1) is 9.56. The van der Waals surface area contributed by atoms with E-state index < -0.39 is 6.10 Å². The summed E-state index contributed by atoms with van der Waals surface area (Å²) in [6.45, 7) is 1.66. The summed E-state index contributed by atoms with van der Waals surface area (Å²) < 4.78 is 23.7. The summed E-state index contributed by atoms with van der Waals surface area (Å²) in [5.41, 5.74) is 1.68. The second-order valence-electron chi connectivity index (χ2n) is 4.52. The lowest BCUT2D eigenvalue weighted by molar-refractivity contribution is 0.214. The zero-order chi connectivity index (χ0) is 14.7. The second-order valence-corrected chi connectivity index (χ2v) is 4.52. The Bertz CT molecular complexity index is 611. The van der Waals surface area contributed by atoms with Gasteiger partial charge in [-0.05, 0) is 42.3 Å². The summed E-state index contributed by atoms with van der Waals surface area (Å²) in [5.74, 6) is 0.887. The summed E-state index contributed by atoms with van der Waals surface area (Å²) in [6.07, 6.45) is -0.903. The Balaban J connectivity index is 2.45. The van der Waals surface area contributed by atoms with Crippen molar-refractivity contribution in [3.63, 3.8) is 0 Å². The van der Waals surface area contributed by atoms with Gasteiger partial charge in [-0.2, -0.15) is 0 Å². The zero-order valence-corrected chi connectivity index (χ0v) is 11.7. The van der Waals surface area contributed by atoms with Crippen molar-refractivity contribution in [1.29, 1.82) is 0 Å². The number of ether oxygens (including phenoxy) is 2. The molecule has 0 aliphatic carbocycles. The van der Waals surface area contributed by atoms with Crippen LogP contribution in [-0.4, -0.2) is 19.3 Å². The molecule has 1 atom stereocenters. The van der Waals surface area contributed by atoms with E-state index in [9.17, 15) is 9.50 Å². The largest absolute Gasteiger partial charge is 0.497 e. The first-order valence-corrected chi connectivity index (χ1v) is 6.23. The van der Waals surface area contributed by atoms with Crippen molar-refractivity contribution < 1.29 is 19.0 Å². The molecule has 0 fully saturated rings. The van der Waals surface area contributed by atoms with E-state index in [0.29, 0.717) is 28.2 Å². The molecule has 2 aromatic carbocycles. The van der Waals surface area contributed by atoms with Gasteiger partial charge in [0.25, 0.3) is 0 Å². The lowest BCUT2D eigenvalue weighted by Gasteiger charge is -2.17. The molecule has 3 nitrogen and oxygen atoms in total. The van der Waals surface area contributed by atoms with Gasteiger partial charge < -0.3 is 14.6 Å². The summed E-state index contributed by atoms with van der Waals surface area (Å²) in [7, 11) is 3.09. The Morgan fingerprint density at radius 1 is 1.05 bits per heavy atom. The molecule has 106 valence electrons. The fraction of sp³-hybridized carbons (Fsp3) is 0.250. The van der Waals surface area contributed by atoms with Crippen molar-refractivity contribution in [2.45, 2.75) is 13.0 Å². The molecule has 0 amide bonds. The number of halogens is 1. The number of aliphatic hydroxyl groups is 1. The van der Waals surface area contributed by atoms with Crippen LogP contribution in [0.2, 0.25) is 0 Å². The van der Waals surface area contributed by atoms with Gasteiger partial charge in [0.1, 0.15) is 23.4 Å². The van der Waals surface area contributed by atoms with Gasteiger partial charge in [-0.25, -0.2) is 4.39 Å². The molecule has 0 aromatic heterocycles. The Morgan fingerprint density at radius 2 is 1.80 bits per heavy atom. The first kappa shape index (κ1) is 14.3. The lowest BCUT2D eigenvalue weighted by atomic mass is 9.99. The molecule has 0 aliphatic heterocycles. The molecule has 0 heterocycles. The maximum Gasteiger partial charge on any atom is 0.126 e. The number of benzene rings is 2. The van der Waals surface area contributed by atoms with Crippen molar-refractivity contribution in [2.75, 3.05) is 14.2 Å². The molecule has 1 N–H and O–H groups in total. The monoisotopic (exact) mass is 276 g/mol. The molecule has 0 saturated heterocycles. The third-order valence-electron chi connectivity index (χ3n) is 3.23. The summed E-state index contributed by atoms with van der Waals surface area (Å²) >= 11 is 0. The van der Waals surface area contributed by atoms with E-state index >= 15 is 0 Å². The topological polar surface area (TPSA) is 38.7 Å². The van der Waals surface area contributed by atoms with Crippen LogP contribution in [0.15, 0.2) is 36.4 Å². The molecular formula is C16H17FO3. The molecule has 0 radical (unpaired) electrons. The van der Waals surface area contributed by atoms with Crippen molar-refractivity contribution in [1.82, 2.24) is 0 Å². The third kappa shape index (κ3) is 2.75. The SMILES string of the molecule is COc1ccc(OC)c(C(O)c2ccc(F)c(C)c2)c1. The minimum atomic E-state index is -0.903. The van der Waals surface area contributed by atoms with Crippen LogP contribution in [0.5, 0.6) is 11.5 Å². The van der Waals surface area contributed by atoms with E-state index in [-0.39, 0.29) is 5.82 Å². The minimum absolute atomic E-state index is 0.293. The second kappa shape index (κ2) is 5.92. The highest BCUT2D eigenvalue weighted by molar-refractivity contribution is 5.45. The van der Waals surface area contributed by atoms with E-state index in [0.717, 1.165) is 0 Å². The van der Waals surface area contributed by atoms with Crippen LogP contribution in [0, 0.1) is 12.7 Å². The highest BCUT2D eigenvalue weighted by atomic mass is 19.1. The van der Waals surface area contributed by atoms with Crippen LogP contribution in [0.4, 0.5) is 4.39 Å². The van der Waals surface area contributed by atoms with Gasteiger partial charge in [0.15, 0.2) is 0 Å². The van der Waals surface area contributed by atoms with Crippen LogP contribution in [0.1, 0.15) is 22.8 Å². The van der Waals surface area contributed by atoms with Gasteiger partial charge in [-0.3, -0.25) is 0 Å². The standard InChI is InChI=1S/C16H17FO3/c1-10-8-11(4-6-14(10)17)16(18)13-9-12(19-2)5-7-15(13)20-3/h4-9,16,18H,1-3H3. The highest BCUT2D eigenvalue weighted by Gasteiger charge is 2.17. The van der Waals surface area contributed by atoms with Crippen LogP contribution < -0.4 is 9.47 Å². The molecule has 4 heteroatoms. The normalized spacial score (nSPS) is 12.1. The average Bonchev–Trinajstić information content (AvgIpc) is 2.48. The van der Waals surface area contributed by atoms with Crippen molar-refractivity contribution in [3.05, 3.63) is 58.9 Å². The van der Waals surface area contributed by atoms with Gasteiger partial charge in [-0.1, -0.05) is 12.1 Å². The van der Waals surface area contributed by atoms with E-state index in [1.807, 2.05) is 0 Å². The van der Waals surface area contributed by atoms with Gasteiger partial charge in [-0.15, -0.1) is 0 Å². The molecule has 0 saturated carbocycles. The maximum atomic E-state index is 13.3. The number of rotatable bonds is 4. The van der Waals surface area contributed by atoms with Gasteiger partial charge >= 0.3 is 0 Å². The molecule has 0 aliphatic rings. The van der Waals surface area contributed by atoms with Crippen LogP contribution >= 0.6 is 0 Å². The fourth-order valence-corrected chi connectivity index (χ4v) is 2.07. The minimum Gasteiger partial charge on any atom is -0.497 e. The Morgan fingerprint density at radius 3 is 2.40 bits per heavy atom. The zero-order valence-electron chi connectivity index (χ0n) is 11.7. The van der Waals surface area contributed by atoms with Gasteiger partial charge in [0.2, 0.25) is 0 Å². The van der Waals surface area contributed by atoms with E-state index in [4.69, 9.17) is 9.47 Å². The molecule has 0 bridgehead atoms. The van der Waals surface area contributed by atoms with Gasteiger partial charge in [0.05, 0.1) is 14.2 Å². The van der Waals surface area contributed by atoms with E-state index in [1.54, 1.807) is 44.4 Å². The number of methoxy groups -OCH3 is 2. The van der Waals surface area contributed by atoms with Crippen molar-refractivity contribution in [2.24, 2.45) is 0 Å². The number of hydrogen-bond acceptors (Lipinski definition) is 3. The lowest BCUT2D eigenvalue weighted by Crippen LogP contribution is -2.04. The average molecular weight is 276 g/mol. The Kier molecular flexibility index (Phi) is 4.25. The number of hydrogen-bond donors (Lipinski definition) is 1. The van der Waals surface area contributed by atoms with Crippen molar-refractivity contribution in [3.8, 4) is 11.5 Å². The summed E-state index contributed by atoms with van der Waals surface area (Å²) in [6, 6.07) is 9.73. The molecule has 0 spiro atoms. The van der Waals surface area contributed by atoms with Crippen LogP contribution in [-0.2, 0) is 0 Å². The molecule has 20 heavy (non-hydrogen) atoms. The van der Waals surface area contributed by atoms with Crippen LogP contribution in [0.25, 0.3) is 0 Å². The number of aryl methyl sites for hydroxylation is 1. The van der Waals surface area contributed by atoms with E-state index in [2.05, 4.69) is 0 Å². The molecular weight excluding hydrogens is 259 g/mol. The first-order valence-electron chi connectivity index (χ1n) is 6.23. The summed E-state index contributed by atoms with van der Waals surface area (Å²) in [5, 5.41) is 10.5. The van der Waals surface area contributed by atoms with E-state index in [1.165, 1.54) is 13.2 Å². The quantitative estimate of drug-likeness (QED) is 0.931. The highest BCUT2D eigenvalue weighted by Crippen LogP contribution is 2.33.